The van der Waals surface area contributed by atoms with Crippen molar-refractivity contribution >= 4 is 0 Å². The summed E-state index contributed by atoms with van der Waals surface area (Å²) in [6.07, 6.45) is 3.13. The number of nitrogens with zero attached hydrogens (tertiary/aromatic N) is 1. The van der Waals surface area contributed by atoms with Crippen molar-refractivity contribution in [3.8, 4) is 0 Å². The third-order valence-corrected chi connectivity index (χ3v) is 3.42. The zero-order valence-corrected chi connectivity index (χ0v) is 8.59. The summed E-state index contributed by atoms with van der Waals surface area (Å²) in [5.74, 6) is 5.93. The van der Waals surface area contributed by atoms with E-state index in [1.165, 1.54) is 0 Å². The van der Waals surface area contributed by atoms with Crippen LogP contribution in [0.4, 0.5) is 0 Å². The molecule has 0 saturated carbocycles. The fraction of sp³-hybridized carbons (Fsp3) is 1.00. The van der Waals surface area contributed by atoms with Crippen LogP contribution in [0.15, 0.2) is 0 Å². The first-order valence-electron chi connectivity index (χ1n) is 4.61. The molecule has 0 aliphatic carbocycles. The highest BCUT2D eigenvalue weighted by molar-refractivity contribution is 4.81. The summed E-state index contributed by atoms with van der Waals surface area (Å²) >= 11 is 0. The van der Waals surface area contributed by atoms with E-state index in [-0.39, 0.29) is 15.8 Å². The molecule has 1 heterocycles. The molecule has 12 heavy (non-hydrogen) atoms. The zero-order chi connectivity index (χ0) is 9.62. The van der Waals surface area contributed by atoms with Gasteiger partial charge in [-0.3, -0.25) is 0 Å². The number of piperidine rings is 1. The molecule has 0 unspecified atom stereocenters. The van der Waals surface area contributed by atoms with Gasteiger partial charge in [-0.25, -0.2) is 0 Å². The van der Waals surface area contributed by atoms with Gasteiger partial charge in [-0.1, -0.05) is 0 Å². The fourth-order valence-electron chi connectivity index (χ4n) is 2.11. The number of quaternary nitrogens is 1. The van der Waals surface area contributed by atoms with Crippen LogP contribution in [0.5, 0.6) is 0 Å². The Hall–Kier alpha value is -0.120. The minimum absolute atomic E-state index is 0.220. The molecule has 3 N–H and O–H groups in total. The minimum atomic E-state index is -0.347. The van der Waals surface area contributed by atoms with Crippen molar-refractivity contribution in [1.82, 2.24) is 0 Å². The molecule has 3 heteroatoms. The largest absolute Gasteiger partial charge is 0.196 e. The Labute approximate surface area is 74.7 Å². The van der Waals surface area contributed by atoms with E-state index in [9.17, 15) is 5.21 Å². The smallest absolute Gasteiger partial charge is 0.143 e. The standard InChI is InChI=1S/C9H21N2O/c1-8(2)6-5-7-9(3,4)11(8,10)12/h12H,5-7,10H2,1-4H3/q+1. The van der Waals surface area contributed by atoms with E-state index in [0.717, 1.165) is 19.3 Å². The van der Waals surface area contributed by atoms with Gasteiger partial charge in [-0.05, 0) is 34.1 Å². The van der Waals surface area contributed by atoms with Gasteiger partial charge in [0.25, 0.3) is 0 Å². The fourth-order valence-corrected chi connectivity index (χ4v) is 2.11. The average Bonchev–Trinajstić information content (AvgIpc) is 1.83. The van der Waals surface area contributed by atoms with E-state index in [4.69, 9.17) is 5.84 Å². The van der Waals surface area contributed by atoms with Gasteiger partial charge >= 0.3 is 0 Å². The van der Waals surface area contributed by atoms with Gasteiger partial charge < -0.3 is 0 Å². The van der Waals surface area contributed by atoms with Crippen LogP contribution >= 0.6 is 0 Å². The molecule has 0 aromatic carbocycles. The lowest BCUT2D eigenvalue weighted by molar-refractivity contribution is -1.18. The summed E-state index contributed by atoms with van der Waals surface area (Å²) < 4.78 is -0.347. The van der Waals surface area contributed by atoms with Gasteiger partial charge in [0.05, 0.1) is 0 Å². The predicted molar refractivity (Wildman–Crippen MR) is 48.2 cm³/mol. The van der Waals surface area contributed by atoms with Crippen LogP contribution in [0.25, 0.3) is 0 Å². The van der Waals surface area contributed by atoms with E-state index >= 15 is 0 Å². The number of rotatable bonds is 0. The predicted octanol–water partition coefficient (Wildman–Crippen LogP) is 1.81. The third kappa shape index (κ3) is 1.16. The van der Waals surface area contributed by atoms with Crippen LogP contribution in [0.1, 0.15) is 47.0 Å². The average molecular weight is 173 g/mol. The molecule has 0 spiro atoms. The van der Waals surface area contributed by atoms with Crippen LogP contribution in [0.3, 0.4) is 0 Å². The highest BCUT2D eigenvalue weighted by atomic mass is 16.6. The SMILES string of the molecule is CC1(C)CCCC(C)(C)[N+]1(N)O. The lowest BCUT2D eigenvalue weighted by atomic mass is 9.81. The van der Waals surface area contributed by atoms with Crippen molar-refractivity contribution in [1.29, 1.82) is 0 Å². The number of nitrogens with two attached hydrogens (primary N) is 1. The first kappa shape index (κ1) is 9.96. The van der Waals surface area contributed by atoms with Crippen LogP contribution < -0.4 is 5.84 Å². The molecule has 0 atom stereocenters. The Morgan fingerprint density at radius 2 is 1.42 bits per heavy atom. The number of hydroxylamine groups is 2. The van der Waals surface area contributed by atoms with Crippen molar-refractivity contribution in [3.63, 3.8) is 0 Å². The lowest BCUT2D eigenvalue weighted by Gasteiger charge is -2.52. The van der Waals surface area contributed by atoms with Crippen molar-refractivity contribution in [3.05, 3.63) is 0 Å². The maximum atomic E-state index is 10.1. The van der Waals surface area contributed by atoms with Crippen molar-refractivity contribution < 1.29 is 9.96 Å². The Balaban J connectivity index is 2.99. The second-order valence-corrected chi connectivity index (χ2v) is 5.16. The van der Waals surface area contributed by atoms with Gasteiger partial charge in [0.15, 0.2) is 0 Å². The van der Waals surface area contributed by atoms with Gasteiger partial charge in [-0.2, -0.15) is 5.21 Å². The second-order valence-electron chi connectivity index (χ2n) is 5.16. The number of hydrogen-bond donors (Lipinski definition) is 2. The molecule has 1 saturated heterocycles. The molecule has 1 fully saturated rings. The number of hydrogen-bond acceptors (Lipinski definition) is 2. The Morgan fingerprint density at radius 1 is 1.08 bits per heavy atom. The normalized spacial score (nSPS) is 31.5. The van der Waals surface area contributed by atoms with E-state index in [2.05, 4.69) is 0 Å². The molecule has 1 aliphatic rings. The van der Waals surface area contributed by atoms with E-state index in [1.807, 2.05) is 27.7 Å². The minimum Gasteiger partial charge on any atom is -0.196 e. The zero-order valence-electron chi connectivity index (χ0n) is 8.59. The Morgan fingerprint density at radius 3 is 1.67 bits per heavy atom. The monoisotopic (exact) mass is 173 g/mol. The van der Waals surface area contributed by atoms with Crippen LogP contribution in [-0.2, 0) is 0 Å². The summed E-state index contributed by atoms with van der Waals surface area (Å²) in [5, 5.41) is 10.1. The molecule has 0 amide bonds. The van der Waals surface area contributed by atoms with Gasteiger partial charge in [-0.15, -0.1) is 10.6 Å². The first-order chi connectivity index (χ1) is 5.21. The summed E-state index contributed by atoms with van der Waals surface area (Å²) in [6.45, 7) is 8.09. The summed E-state index contributed by atoms with van der Waals surface area (Å²) in [4.78, 5) is 0. The second kappa shape index (κ2) is 2.44. The van der Waals surface area contributed by atoms with Crippen molar-refractivity contribution in [2.24, 2.45) is 5.84 Å². The van der Waals surface area contributed by atoms with Crippen LogP contribution in [0.2, 0.25) is 0 Å². The molecule has 0 radical (unpaired) electrons. The molecular formula is C9H21N2O+. The molecule has 0 aromatic heterocycles. The van der Waals surface area contributed by atoms with Crippen LogP contribution in [-0.4, -0.2) is 21.0 Å². The maximum absolute atomic E-state index is 10.1. The van der Waals surface area contributed by atoms with Crippen molar-refractivity contribution in [2.75, 3.05) is 0 Å². The lowest BCUT2D eigenvalue weighted by Crippen LogP contribution is -2.75. The molecule has 72 valence electrons. The van der Waals surface area contributed by atoms with Crippen molar-refractivity contribution in [2.45, 2.75) is 58.0 Å². The summed E-state index contributed by atoms with van der Waals surface area (Å²) in [7, 11) is 0. The molecule has 1 rings (SSSR count). The highest BCUT2D eigenvalue weighted by Crippen LogP contribution is 2.40. The Kier molecular flexibility index (Phi) is 2.02. The van der Waals surface area contributed by atoms with E-state index in [1.54, 1.807) is 0 Å². The molecule has 0 bridgehead atoms. The van der Waals surface area contributed by atoms with E-state index < -0.39 is 0 Å². The topological polar surface area (TPSA) is 46.2 Å². The van der Waals surface area contributed by atoms with Gasteiger partial charge in [0.2, 0.25) is 0 Å². The third-order valence-electron chi connectivity index (χ3n) is 3.42. The quantitative estimate of drug-likeness (QED) is 0.433. The van der Waals surface area contributed by atoms with Gasteiger partial charge in [0.1, 0.15) is 11.1 Å². The molecule has 0 aromatic rings. The summed E-state index contributed by atoms with van der Waals surface area (Å²) in [5.41, 5.74) is -0.441. The molecular weight excluding hydrogens is 152 g/mol. The molecule has 3 nitrogen and oxygen atoms in total. The Bertz CT molecular complexity index is 167. The van der Waals surface area contributed by atoms with E-state index in [0.29, 0.717) is 0 Å². The van der Waals surface area contributed by atoms with Crippen LogP contribution in [0, 0.1) is 0 Å². The first-order valence-corrected chi connectivity index (χ1v) is 4.61. The highest BCUT2D eigenvalue weighted by Gasteiger charge is 2.55. The van der Waals surface area contributed by atoms with Gasteiger partial charge in [0, 0.05) is 12.8 Å². The summed E-state index contributed by atoms with van der Waals surface area (Å²) in [6, 6.07) is 0. The molecule has 1 aliphatic heterocycles. The maximum Gasteiger partial charge on any atom is 0.143 e.